The molecule has 0 aromatic heterocycles. The van der Waals surface area contributed by atoms with Crippen LogP contribution in [-0.2, 0) is 0 Å². The fourth-order valence-corrected chi connectivity index (χ4v) is 3.01. The minimum absolute atomic E-state index is 0.248. The molecule has 4 heteroatoms. The summed E-state index contributed by atoms with van der Waals surface area (Å²) >= 11 is 0. The summed E-state index contributed by atoms with van der Waals surface area (Å²) in [5.41, 5.74) is 0. The fourth-order valence-electron chi connectivity index (χ4n) is 3.01. The van der Waals surface area contributed by atoms with Crippen LogP contribution in [0.4, 0.5) is 4.79 Å². The molecule has 2 heterocycles. The molecule has 0 bridgehead atoms. The van der Waals surface area contributed by atoms with Crippen molar-refractivity contribution in [3.05, 3.63) is 0 Å². The van der Waals surface area contributed by atoms with E-state index in [-0.39, 0.29) is 6.03 Å². The Morgan fingerprint density at radius 1 is 1.18 bits per heavy atom. The molecule has 17 heavy (non-hydrogen) atoms. The molecule has 0 saturated carbocycles. The first-order valence-corrected chi connectivity index (χ1v) is 6.86. The van der Waals surface area contributed by atoms with Crippen LogP contribution < -0.4 is 5.32 Å². The number of carbonyl (C=O) groups excluding carboxylic acids is 1. The number of carbonyl (C=O) groups is 1. The van der Waals surface area contributed by atoms with Gasteiger partial charge >= 0.3 is 6.03 Å². The maximum absolute atomic E-state index is 12.5. The lowest BCUT2D eigenvalue weighted by molar-refractivity contribution is 0.0753. The van der Waals surface area contributed by atoms with E-state index in [9.17, 15) is 4.79 Å². The summed E-state index contributed by atoms with van der Waals surface area (Å²) < 4.78 is 0. The van der Waals surface area contributed by atoms with Crippen LogP contribution in [0.2, 0.25) is 0 Å². The molecule has 2 aliphatic rings. The molecular weight excluding hydrogens is 214 g/mol. The van der Waals surface area contributed by atoms with Gasteiger partial charge in [-0.05, 0) is 25.2 Å². The Labute approximate surface area is 104 Å². The first-order chi connectivity index (χ1) is 8.09. The van der Waals surface area contributed by atoms with Crippen molar-refractivity contribution < 1.29 is 4.79 Å². The predicted molar refractivity (Wildman–Crippen MR) is 69.0 cm³/mol. The van der Waals surface area contributed by atoms with E-state index in [0.29, 0.717) is 17.9 Å². The largest absolute Gasteiger partial charge is 0.322 e. The molecule has 0 radical (unpaired) electrons. The first-order valence-electron chi connectivity index (χ1n) is 6.86. The number of nitrogens with one attached hydrogen (secondary N) is 1. The lowest BCUT2D eigenvalue weighted by Gasteiger charge is -2.43. The van der Waals surface area contributed by atoms with E-state index in [1.165, 1.54) is 6.42 Å². The highest BCUT2D eigenvalue weighted by molar-refractivity contribution is 5.75. The summed E-state index contributed by atoms with van der Waals surface area (Å²) in [6.07, 6.45) is 1.24. The Morgan fingerprint density at radius 2 is 1.82 bits per heavy atom. The SMILES string of the molecule is CC1CC(C)C(C)N(C(=O)N2CCNCC2)C1. The van der Waals surface area contributed by atoms with Crippen molar-refractivity contribution in [3.8, 4) is 0 Å². The monoisotopic (exact) mass is 239 g/mol. The van der Waals surface area contributed by atoms with Gasteiger partial charge in [-0.15, -0.1) is 0 Å². The van der Waals surface area contributed by atoms with Crippen molar-refractivity contribution in [3.63, 3.8) is 0 Å². The minimum atomic E-state index is 0.248. The third-order valence-electron chi connectivity index (χ3n) is 4.23. The van der Waals surface area contributed by atoms with Gasteiger partial charge in [0, 0.05) is 38.8 Å². The van der Waals surface area contributed by atoms with E-state index < -0.39 is 0 Å². The fraction of sp³-hybridized carbons (Fsp3) is 0.923. The van der Waals surface area contributed by atoms with Gasteiger partial charge in [0.25, 0.3) is 0 Å². The van der Waals surface area contributed by atoms with E-state index in [1.54, 1.807) is 0 Å². The Hall–Kier alpha value is -0.770. The van der Waals surface area contributed by atoms with E-state index in [0.717, 1.165) is 32.7 Å². The van der Waals surface area contributed by atoms with Crippen LogP contribution in [0.1, 0.15) is 27.2 Å². The van der Waals surface area contributed by atoms with Gasteiger partial charge < -0.3 is 15.1 Å². The number of hydrogen-bond acceptors (Lipinski definition) is 2. The second-order valence-corrected chi connectivity index (χ2v) is 5.73. The van der Waals surface area contributed by atoms with Crippen molar-refractivity contribution in [2.45, 2.75) is 33.2 Å². The molecule has 4 nitrogen and oxygen atoms in total. The van der Waals surface area contributed by atoms with Gasteiger partial charge in [0.15, 0.2) is 0 Å². The van der Waals surface area contributed by atoms with E-state index in [1.807, 2.05) is 4.90 Å². The third kappa shape index (κ3) is 2.73. The summed E-state index contributed by atoms with van der Waals surface area (Å²) in [6.45, 7) is 11.2. The van der Waals surface area contributed by atoms with Gasteiger partial charge in [0.2, 0.25) is 0 Å². The standard InChI is InChI=1S/C13H25N3O/c1-10-8-11(2)12(3)16(9-10)13(17)15-6-4-14-5-7-15/h10-12,14H,4-9H2,1-3H3. The molecular formula is C13H25N3O. The molecule has 2 aliphatic heterocycles. The summed E-state index contributed by atoms with van der Waals surface area (Å²) in [4.78, 5) is 16.6. The van der Waals surface area contributed by atoms with E-state index in [2.05, 4.69) is 31.0 Å². The smallest absolute Gasteiger partial charge is 0.320 e. The molecule has 98 valence electrons. The quantitative estimate of drug-likeness (QED) is 0.693. The molecule has 0 aromatic carbocycles. The van der Waals surface area contributed by atoms with Crippen molar-refractivity contribution in [2.24, 2.45) is 11.8 Å². The first kappa shape index (κ1) is 12.7. The third-order valence-corrected chi connectivity index (χ3v) is 4.23. The van der Waals surface area contributed by atoms with Crippen LogP contribution >= 0.6 is 0 Å². The maximum Gasteiger partial charge on any atom is 0.320 e. The van der Waals surface area contributed by atoms with Gasteiger partial charge in [0.05, 0.1) is 0 Å². The number of amides is 2. The molecule has 2 rings (SSSR count). The van der Waals surface area contributed by atoms with Crippen molar-refractivity contribution in [2.75, 3.05) is 32.7 Å². The molecule has 3 unspecified atom stereocenters. The summed E-state index contributed by atoms with van der Waals surface area (Å²) in [5.74, 6) is 1.25. The van der Waals surface area contributed by atoms with Crippen LogP contribution in [0.15, 0.2) is 0 Å². The summed E-state index contributed by atoms with van der Waals surface area (Å²) in [7, 11) is 0. The molecule has 2 saturated heterocycles. The molecule has 3 atom stereocenters. The Morgan fingerprint density at radius 3 is 2.47 bits per heavy atom. The number of urea groups is 1. The zero-order chi connectivity index (χ0) is 12.4. The highest BCUT2D eigenvalue weighted by Crippen LogP contribution is 2.27. The minimum Gasteiger partial charge on any atom is -0.322 e. The normalized spacial score (nSPS) is 34.9. The Bertz CT molecular complexity index is 276. The lowest BCUT2D eigenvalue weighted by Crippen LogP contribution is -2.57. The molecule has 2 amide bonds. The van der Waals surface area contributed by atoms with Crippen LogP contribution in [0.25, 0.3) is 0 Å². The zero-order valence-electron chi connectivity index (χ0n) is 11.3. The van der Waals surface area contributed by atoms with Gasteiger partial charge in [-0.3, -0.25) is 0 Å². The van der Waals surface area contributed by atoms with Crippen molar-refractivity contribution >= 4 is 6.03 Å². The molecule has 0 aliphatic carbocycles. The van der Waals surface area contributed by atoms with E-state index >= 15 is 0 Å². The molecule has 1 N–H and O–H groups in total. The zero-order valence-corrected chi connectivity index (χ0v) is 11.3. The van der Waals surface area contributed by atoms with Gasteiger partial charge in [-0.25, -0.2) is 4.79 Å². The maximum atomic E-state index is 12.5. The number of piperazine rings is 1. The van der Waals surface area contributed by atoms with Gasteiger partial charge in [-0.1, -0.05) is 13.8 Å². The highest BCUT2D eigenvalue weighted by atomic mass is 16.2. The van der Waals surface area contributed by atoms with Crippen LogP contribution in [0, 0.1) is 11.8 Å². The second kappa shape index (κ2) is 5.25. The number of likely N-dealkylation sites (tertiary alicyclic amines) is 1. The molecule has 0 spiro atoms. The Balaban J connectivity index is 2.01. The lowest BCUT2D eigenvalue weighted by atomic mass is 9.86. The van der Waals surface area contributed by atoms with Crippen LogP contribution in [0.5, 0.6) is 0 Å². The van der Waals surface area contributed by atoms with Gasteiger partial charge in [-0.2, -0.15) is 0 Å². The predicted octanol–water partition coefficient (Wildman–Crippen LogP) is 1.38. The van der Waals surface area contributed by atoms with Crippen LogP contribution in [0.3, 0.4) is 0 Å². The number of piperidine rings is 1. The number of rotatable bonds is 0. The highest BCUT2D eigenvalue weighted by Gasteiger charge is 2.34. The van der Waals surface area contributed by atoms with Crippen LogP contribution in [-0.4, -0.2) is 54.6 Å². The topological polar surface area (TPSA) is 35.6 Å². The van der Waals surface area contributed by atoms with Gasteiger partial charge in [0.1, 0.15) is 0 Å². The van der Waals surface area contributed by atoms with Crippen molar-refractivity contribution in [1.82, 2.24) is 15.1 Å². The summed E-state index contributed by atoms with van der Waals surface area (Å²) in [5, 5.41) is 3.29. The van der Waals surface area contributed by atoms with Crippen molar-refractivity contribution in [1.29, 1.82) is 0 Å². The van der Waals surface area contributed by atoms with E-state index in [4.69, 9.17) is 0 Å². The average molecular weight is 239 g/mol. The molecule has 0 aromatic rings. The number of hydrogen-bond donors (Lipinski definition) is 1. The Kier molecular flexibility index (Phi) is 3.92. The molecule has 2 fully saturated rings. The number of nitrogens with zero attached hydrogens (tertiary/aromatic N) is 2. The second-order valence-electron chi connectivity index (χ2n) is 5.73. The summed E-state index contributed by atoms with van der Waals surface area (Å²) in [6, 6.07) is 0.631. The average Bonchev–Trinajstić information content (AvgIpc) is 2.34.